The van der Waals surface area contributed by atoms with Crippen LogP contribution >= 0.6 is 23.2 Å². The molecule has 0 radical (unpaired) electrons. The van der Waals surface area contributed by atoms with Crippen LogP contribution in [-0.2, 0) is 9.47 Å². The van der Waals surface area contributed by atoms with Crippen molar-refractivity contribution in [1.29, 1.82) is 21.2 Å². The molecule has 2 aliphatic heterocycles. The van der Waals surface area contributed by atoms with E-state index in [1.807, 2.05) is 12.1 Å². The number of fused-ring (bicyclic) bond motifs is 2. The number of rotatable bonds is 3. The van der Waals surface area contributed by atoms with E-state index < -0.39 is 34.5 Å². The maximum absolute atomic E-state index is 10.5. The Hall–Kier alpha value is -3.28. The van der Waals surface area contributed by atoms with Crippen LogP contribution in [0, 0.1) is 50.2 Å². The number of benzene rings is 2. The molecule has 0 aliphatic carbocycles. The largest absolute Gasteiger partial charge is 0.496 e. The molecule has 0 saturated carbocycles. The molecule has 2 fully saturated rings. The van der Waals surface area contributed by atoms with Gasteiger partial charge in [0.05, 0.1) is 41.3 Å². The summed E-state index contributed by atoms with van der Waals surface area (Å²) in [6.07, 6.45) is -1.24. The number of nitriles is 3. The van der Waals surface area contributed by atoms with Gasteiger partial charge in [0.1, 0.15) is 11.9 Å². The summed E-state index contributed by atoms with van der Waals surface area (Å²) >= 11 is 12.2. The second-order valence-electron chi connectivity index (χ2n) is 7.74. The van der Waals surface area contributed by atoms with Crippen molar-refractivity contribution in [1.82, 2.24) is 0 Å². The Morgan fingerprint density at radius 2 is 1.72 bits per heavy atom. The number of para-hydroxylation sites is 1. The van der Waals surface area contributed by atoms with Crippen LogP contribution in [0.4, 0.5) is 0 Å². The van der Waals surface area contributed by atoms with E-state index in [0.717, 1.165) is 0 Å². The third-order valence-corrected chi connectivity index (χ3v) is 6.95. The van der Waals surface area contributed by atoms with Gasteiger partial charge >= 0.3 is 0 Å². The van der Waals surface area contributed by atoms with Gasteiger partial charge in [-0.15, -0.1) is 0 Å². The molecule has 0 aromatic heterocycles. The van der Waals surface area contributed by atoms with Crippen LogP contribution in [0.3, 0.4) is 0 Å². The molecule has 1 N–H and O–H groups in total. The standard InChI is InChI=1S/C23H16Cl2N4O3/c1-21-18(14-5-3-4-6-17(14)30-2)23(12-28,20(29)32-21)22(10-26,11-27)19(31-21)13-7-8-15(24)16(25)9-13/h3-9,18-19,29H,1-2H3. The molecular formula is C23H16Cl2N4O3. The molecule has 2 bridgehead atoms. The molecular weight excluding hydrogens is 451 g/mol. The van der Waals surface area contributed by atoms with Crippen molar-refractivity contribution in [3.8, 4) is 24.0 Å². The predicted octanol–water partition coefficient (Wildman–Crippen LogP) is 5.12. The summed E-state index contributed by atoms with van der Waals surface area (Å²) in [4.78, 5) is 0. The topological polar surface area (TPSA) is 123 Å². The average Bonchev–Trinajstić information content (AvgIpc) is 2.98. The van der Waals surface area contributed by atoms with Gasteiger partial charge in [-0.25, -0.2) is 0 Å². The molecule has 4 unspecified atom stereocenters. The van der Waals surface area contributed by atoms with Gasteiger partial charge in [0, 0.05) is 12.5 Å². The second-order valence-corrected chi connectivity index (χ2v) is 8.56. The molecule has 4 atom stereocenters. The summed E-state index contributed by atoms with van der Waals surface area (Å²) in [5.41, 5.74) is -3.28. The maximum atomic E-state index is 10.5. The van der Waals surface area contributed by atoms with Crippen LogP contribution in [0.5, 0.6) is 5.75 Å². The summed E-state index contributed by atoms with van der Waals surface area (Å²) in [5, 5.41) is 40.3. The third-order valence-electron chi connectivity index (χ3n) is 6.21. The van der Waals surface area contributed by atoms with Crippen LogP contribution in [0.15, 0.2) is 42.5 Å². The van der Waals surface area contributed by atoms with Gasteiger partial charge in [0.15, 0.2) is 5.41 Å². The highest BCUT2D eigenvalue weighted by Gasteiger charge is 2.80. The van der Waals surface area contributed by atoms with E-state index in [1.165, 1.54) is 19.2 Å². The lowest BCUT2D eigenvalue weighted by molar-refractivity contribution is -0.253. The minimum Gasteiger partial charge on any atom is -0.496 e. The van der Waals surface area contributed by atoms with Crippen LogP contribution in [-0.4, -0.2) is 18.8 Å². The second kappa shape index (κ2) is 7.40. The summed E-state index contributed by atoms with van der Waals surface area (Å²) < 4.78 is 17.6. The first-order valence-electron chi connectivity index (χ1n) is 9.52. The highest BCUT2D eigenvalue weighted by Crippen LogP contribution is 2.70. The van der Waals surface area contributed by atoms with E-state index in [2.05, 4.69) is 6.07 Å². The first-order chi connectivity index (χ1) is 15.2. The normalized spacial score (nSPS) is 29.8. The number of nitrogens with zero attached hydrogens (tertiary/aromatic N) is 3. The van der Waals surface area contributed by atoms with E-state index in [-0.39, 0.29) is 10.0 Å². The number of hydrogen-bond donors (Lipinski definition) is 1. The SMILES string of the molecule is COc1ccccc1C1C2(C)OC(=N)C1(C#N)C(C#N)(C#N)C(c1ccc(Cl)c(Cl)c1)O2. The Morgan fingerprint density at radius 3 is 2.31 bits per heavy atom. The van der Waals surface area contributed by atoms with Crippen molar-refractivity contribution < 1.29 is 14.2 Å². The molecule has 2 aromatic carbocycles. The molecule has 32 heavy (non-hydrogen) atoms. The van der Waals surface area contributed by atoms with Crippen LogP contribution < -0.4 is 4.74 Å². The van der Waals surface area contributed by atoms with Crippen LogP contribution in [0.2, 0.25) is 10.0 Å². The number of nitrogens with one attached hydrogen (secondary N) is 1. The summed E-state index contributed by atoms with van der Waals surface area (Å²) in [6.45, 7) is 1.58. The van der Waals surface area contributed by atoms with Gasteiger partial charge in [0.2, 0.25) is 17.1 Å². The van der Waals surface area contributed by atoms with Crippen molar-refractivity contribution in [3.05, 3.63) is 63.6 Å². The molecule has 7 nitrogen and oxygen atoms in total. The molecule has 0 spiro atoms. The van der Waals surface area contributed by atoms with Gasteiger partial charge in [-0.05, 0) is 23.8 Å². The van der Waals surface area contributed by atoms with Gasteiger partial charge in [0.25, 0.3) is 0 Å². The smallest absolute Gasteiger partial charge is 0.219 e. The summed E-state index contributed by atoms with van der Waals surface area (Å²) in [5.74, 6) is -2.64. The van der Waals surface area contributed by atoms with Crippen molar-refractivity contribution in [2.45, 2.75) is 24.7 Å². The van der Waals surface area contributed by atoms with Crippen molar-refractivity contribution >= 4 is 29.1 Å². The fourth-order valence-corrected chi connectivity index (χ4v) is 5.14. The molecule has 2 saturated heterocycles. The molecule has 2 aromatic rings. The Balaban J connectivity index is 2.06. The van der Waals surface area contributed by atoms with Gasteiger partial charge in [-0.2, -0.15) is 15.8 Å². The lowest BCUT2D eigenvalue weighted by Gasteiger charge is -2.49. The molecule has 2 aliphatic rings. The Bertz CT molecular complexity index is 1250. The average molecular weight is 467 g/mol. The minimum atomic E-state index is -2.14. The van der Waals surface area contributed by atoms with Crippen molar-refractivity contribution in [2.24, 2.45) is 10.8 Å². The third kappa shape index (κ3) is 2.58. The monoisotopic (exact) mass is 466 g/mol. The molecule has 0 amide bonds. The van der Waals surface area contributed by atoms with Crippen LogP contribution in [0.1, 0.15) is 30.1 Å². The number of ether oxygens (including phenoxy) is 3. The van der Waals surface area contributed by atoms with Crippen molar-refractivity contribution in [3.63, 3.8) is 0 Å². The van der Waals surface area contributed by atoms with E-state index in [0.29, 0.717) is 16.9 Å². The summed E-state index contributed by atoms with van der Waals surface area (Å²) in [7, 11) is 1.47. The number of methoxy groups -OCH3 is 1. The lowest BCUT2D eigenvalue weighted by Crippen LogP contribution is -2.57. The fraction of sp³-hybridized carbons (Fsp3) is 0.304. The van der Waals surface area contributed by atoms with E-state index in [4.69, 9.17) is 42.8 Å². The van der Waals surface area contributed by atoms with Gasteiger partial charge < -0.3 is 14.2 Å². The number of halogens is 2. The van der Waals surface area contributed by atoms with E-state index in [9.17, 15) is 15.8 Å². The highest BCUT2D eigenvalue weighted by atomic mass is 35.5. The molecule has 160 valence electrons. The molecule has 2 heterocycles. The zero-order valence-corrected chi connectivity index (χ0v) is 18.5. The fourth-order valence-electron chi connectivity index (χ4n) is 4.83. The van der Waals surface area contributed by atoms with E-state index >= 15 is 0 Å². The molecule has 4 rings (SSSR count). The first-order valence-corrected chi connectivity index (χ1v) is 10.3. The number of hydrogen-bond acceptors (Lipinski definition) is 7. The molecule has 9 heteroatoms. The zero-order valence-electron chi connectivity index (χ0n) is 17.0. The van der Waals surface area contributed by atoms with Gasteiger partial charge in [-0.3, -0.25) is 5.41 Å². The Morgan fingerprint density at radius 1 is 1.03 bits per heavy atom. The predicted molar refractivity (Wildman–Crippen MR) is 115 cm³/mol. The quantitative estimate of drug-likeness (QED) is 0.668. The Labute approximate surface area is 194 Å². The minimum absolute atomic E-state index is 0.198. The van der Waals surface area contributed by atoms with Crippen LogP contribution in [0.25, 0.3) is 0 Å². The van der Waals surface area contributed by atoms with E-state index in [1.54, 1.807) is 37.3 Å². The summed E-state index contributed by atoms with van der Waals surface area (Å²) in [6, 6.07) is 17.6. The Kier molecular flexibility index (Phi) is 5.07. The lowest BCUT2D eigenvalue weighted by atomic mass is 9.52. The van der Waals surface area contributed by atoms with Gasteiger partial charge in [-0.1, -0.05) is 47.5 Å². The van der Waals surface area contributed by atoms with Crippen molar-refractivity contribution in [2.75, 3.05) is 7.11 Å². The maximum Gasteiger partial charge on any atom is 0.219 e. The first kappa shape index (κ1) is 21.9. The highest BCUT2D eigenvalue weighted by molar-refractivity contribution is 6.42. The zero-order chi connectivity index (χ0) is 23.3.